The summed E-state index contributed by atoms with van der Waals surface area (Å²) in [5, 5.41) is 10.2. The lowest BCUT2D eigenvalue weighted by Crippen LogP contribution is -2.34. The summed E-state index contributed by atoms with van der Waals surface area (Å²) in [7, 11) is 3.53. The van der Waals surface area contributed by atoms with Crippen LogP contribution in [-0.4, -0.2) is 36.1 Å². The molecule has 0 fully saturated rings. The number of hydrogen-bond donors (Lipinski definition) is 2. The van der Waals surface area contributed by atoms with Crippen molar-refractivity contribution in [2.24, 2.45) is 0 Å². The molecule has 0 aliphatic heterocycles. The predicted octanol–water partition coefficient (Wildman–Crippen LogP) is 7.49. The summed E-state index contributed by atoms with van der Waals surface area (Å²) >= 11 is 0. The summed E-state index contributed by atoms with van der Waals surface area (Å²) in [6.07, 6.45) is 26.1. The molecule has 186 valence electrons. The third-order valence-electron chi connectivity index (χ3n) is 5.38. The lowest BCUT2D eigenvalue weighted by atomic mass is 10.0. The van der Waals surface area contributed by atoms with Crippen molar-refractivity contribution in [1.29, 1.82) is 0 Å². The highest BCUT2D eigenvalue weighted by molar-refractivity contribution is 5.72. The molecule has 0 bridgehead atoms. The van der Waals surface area contributed by atoms with E-state index in [0.29, 0.717) is 6.42 Å². The fourth-order valence-corrected chi connectivity index (χ4v) is 3.67. The minimum atomic E-state index is -0.651. The van der Waals surface area contributed by atoms with Crippen LogP contribution in [-0.2, 0) is 9.59 Å². The number of carbonyl (C=O) groups excluding carboxylic acids is 1. The summed E-state index contributed by atoms with van der Waals surface area (Å²) < 4.78 is 0. The molecule has 0 aliphatic rings. The molecule has 0 aliphatic carbocycles. The Bertz CT molecular complexity index is 387. The van der Waals surface area contributed by atoms with Crippen molar-refractivity contribution in [1.82, 2.24) is 10.4 Å². The summed E-state index contributed by atoms with van der Waals surface area (Å²) in [4.78, 5) is 20.5. The second-order valence-corrected chi connectivity index (χ2v) is 9.07. The van der Waals surface area contributed by atoms with Crippen LogP contribution >= 0.6 is 0 Å². The number of hydrogen-bond acceptors (Lipinski definition) is 3. The molecule has 0 saturated carbocycles. The van der Waals surface area contributed by atoms with Crippen LogP contribution in [0.1, 0.15) is 142 Å². The lowest BCUT2D eigenvalue weighted by Gasteiger charge is -2.07. The Hall–Kier alpha value is -1.10. The van der Waals surface area contributed by atoms with Gasteiger partial charge in [-0.15, -0.1) is 0 Å². The maximum atomic E-state index is 10.4. The monoisotopic (exact) mass is 442 g/mol. The highest BCUT2D eigenvalue weighted by Crippen LogP contribution is 2.14. The van der Waals surface area contributed by atoms with Crippen molar-refractivity contribution in [3.63, 3.8) is 0 Å². The molecule has 2 N–H and O–H groups in total. The molecule has 0 saturated heterocycles. The van der Waals surface area contributed by atoms with Crippen LogP contribution in [0.15, 0.2) is 0 Å². The van der Waals surface area contributed by atoms with Crippen molar-refractivity contribution in [2.75, 3.05) is 14.1 Å². The Morgan fingerprint density at radius 1 is 0.613 bits per heavy atom. The molecule has 1 amide bonds. The first-order chi connectivity index (χ1) is 14.9. The van der Waals surface area contributed by atoms with E-state index in [0.717, 1.165) is 12.8 Å². The first-order valence-electron chi connectivity index (χ1n) is 13.1. The SMILES string of the molecule is CC(=O)NN(C)C.CCCCCCCCCCCCCCCCCCCCCC(=O)O. The average molecular weight is 443 g/mol. The van der Waals surface area contributed by atoms with Gasteiger partial charge in [-0.1, -0.05) is 122 Å². The van der Waals surface area contributed by atoms with Gasteiger partial charge in [0.05, 0.1) is 0 Å². The largest absolute Gasteiger partial charge is 0.481 e. The van der Waals surface area contributed by atoms with Crippen LogP contribution in [0.2, 0.25) is 0 Å². The van der Waals surface area contributed by atoms with Crippen molar-refractivity contribution < 1.29 is 14.7 Å². The molecule has 0 aromatic rings. The first kappa shape index (κ1) is 32.1. The molecule has 0 rings (SSSR count). The molecular formula is C26H54N2O3. The average Bonchev–Trinajstić information content (AvgIpc) is 2.69. The van der Waals surface area contributed by atoms with Crippen LogP contribution in [0.4, 0.5) is 0 Å². The third kappa shape index (κ3) is 36.6. The topological polar surface area (TPSA) is 69.6 Å². The number of amides is 1. The van der Waals surface area contributed by atoms with E-state index in [2.05, 4.69) is 12.3 Å². The number of nitrogens with one attached hydrogen (secondary N) is 1. The number of carboxylic acid groups (broad SMARTS) is 1. The van der Waals surface area contributed by atoms with Gasteiger partial charge in [0.15, 0.2) is 0 Å². The van der Waals surface area contributed by atoms with E-state index >= 15 is 0 Å². The first-order valence-corrected chi connectivity index (χ1v) is 13.1. The quantitative estimate of drug-likeness (QED) is 0.143. The molecule has 0 unspecified atom stereocenters. The summed E-state index contributed by atoms with van der Waals surface area (Å²) in [6.45, 7) is 3.76. The Balaban J connectivity index is 0. The van der Waals surface area contributed by atoms with Gasteiger partial charge in [0.1, 0.15) is 0 Å². The van der Waals surface area contributed by atoms with Crippen LogP contribution in [0.3, 0.4) is 0 Å². The van der Waals surface area contributed by atoms with E-state index in [-0.39, 0.29) is 5.91 Å². The molecule has 0 aromatic carbocycles. The number of rotatable bonds is 21. The molecule has 0 heterocycles. The van der Waals surface area contributed by atoms with Gasteiger partial charge in [0.2, 0.25) is 5.91 Å². The second-order valence-electron chi connectivity index (χ2n) is 9.07. The third-order valence-corrected chi connectivity index (χ3v) is 5.38. The number of nitrogens with zero attached hydrogens (tertiary/aromatic N) is 1. The Morgan fingerprint density at radius 2 is 0.903 bits per heavy atom. The van der Waals surface area contributed by atoms with Crippen LogP contribution in [0, 0.1) is 0 Å². The van der Waals surface area contributed by atoms with E-state index in [1.54, 1.807) is 19.1 Å². The van der Waals surface area contributed by atoms with Gasteiger partial charge in [-0.05, 0) is 6.42 Å². The van der Waals surface area contributed by atoms with E-state index in [1.165, 1.54) is 116 Å². The number of carboxylic acids is 1. The molecule has 0 radical (unpaired) electrons. The van der Waals surface area contributed by atoms with Crippen molar-refractivity contribution in [3.8, 4) is 0 Å². The van der Waals surface area contributed by atoms with E-state index in [4.69, 9.17) is 5.11 Å². The van der Waals surface area contributed by atoms with Crippen LogP contribution < -0.4 is 5.43 Å². The zero-order valence-electron chi connectivity index (χ0n) is 21.4. The van der Waals surface area contributed by atoms with Crippen LogP contribution in [0.5, 0.6) is 0 Å². The smallest absolute Gasteiger partial charge is 0.303 e. The Labute approximate surface area is 193 Å². The fourth-order valence-electron chi connectivity index (χ4n) is 3.67. The normalized spacial score (nSPS) is 10.6. The van der Waals surface area contributed by atoms with Gasteiger partial charge >= 0.3 is 5.97 Å². The molecule has 5 nitrogen and oxygen atoms in total. The van der Waals surface area contributed by atoms with Crippen LogP contribution in [0.25, 0.3) is 0 Å². The van der Waals surface area contributed by atoms with Crippen molar-refractivity contribution in [3.05, 3.63) is 0 Å². The zero-order valence-corrected chi connectivity index (χ0v) is 21.4. The van der Waals surface area contributed by atoms with Crippen molar-refractivity contribution >= 4 is 11.9 Å². The van der Waals surface area contributed by atoms with E-state index in [9.17, 15) is 9.59 Å². The standard InChI is InChI=1S/C22H44O2.C4H10N2O/c1-2-3-4-5-6-7-8-9-10-11-12-13-14-15-16-17-18-19-20-21-22(23)24;1-4(7)5-6(2)3/h2-21H2,1H3,(H,23,24);1-3H3,(H,5,7). The molecule has 0 atom stereocenters. The maximum absolute atomic E-state index is 10.4. The van der Waals surface area contributed by atoms with Gasteiger partial charge in [-0.2, -0.15) is 0 Å². The number of carbonyl (C=O) groups is 2. The lowest BCUT2D eigenvalue weighted by molar-refractivity contribution is -0.137. The summed E-state index contributed by atoms with van der Waals surface area (Å²) in [5.74, 6) is -0.688. The van der Waals surface area contributed by atoms with Gasteiger partial charge in [-0.25, -0.2) is 5.01 Å². The molecule has 5 heteroatoms. The Morgan fingerprint density at radius 3 is 1.10 bits per heavy atom. The fraction of sp³-hybridized carbons (Fsp3) is 0.923. The number of unbranched alkanes of at least 4 members (excludes halogenated alkanes) is 18. The minimum Gasteiger partial charge on any atom is -0.481 e. The summed E-state index contributed by atoms with van der Waals surface area (Å²) in [6, 6.07) is 0. The van der Waals surface area contributed by atoms with Gasteiger partial charge in [0, 0.05) is 27.4 Å². The van der Waals surface area contributed by atoms with E-state index in [1.807, 2.05) is 0 Å². The zero-order chi connectivity index (χ0) is 23.6. The minimum absolute atomic E-state index is 0.0370. The number of hydrazine groups is 1. The van der Waals surface area contributed by atoms with Gasteiger partial charge in [0.25, 0.3) is 0 Å². The van der Waals surface area contributed by atoms with Gasteiger partial charge < -0.3 is 5.11 Å². The molecule has 31 heavy (non-hydrogen) atoms. The van der Waals surface area contributed by atoms with Crippen molar-refractivity contribution in [2.45, 2.75) is 142 Å². The highest BCUT2D eigenvalue weighted by Gasteiger charge is 1.97. The predicted molar refractivity (Wildman–Crippen MR) is 133 cm³/mol. The number of aliphatic carboxylic acids is 1. The molecular weight excluding hydrogens is 388 g/mol. The maximum Gasteiger partial charge on any atom is 0.303 e. The molecule has 0 aromatic heterocycles. The van der Waals surface area contributed by atoms with E-state index < -0.39 is 5.97 Å². The Kier molecular flexibility index (Phi) is 27.9. The second kappa shape index (κ2) is 26.9. The van der Waals surface area contributed by atoms with Gasteiger partial charge in [-0.3, -0.25) is 15.0 Å². The summed E-state index contributed by atoms with van der Waals surface area (Å²) in [5.41, 5.74) is 2.50. The molecule has 0 spiro atoms. The highest BCUT2D eigenvalue weighted by atomic mass is 16.4.